The van der Waals surface area contributed by atoms with Gasteiger partial charge in [0.15, 0.2) is 7.40 Å². The molecule has 0 aliphatic heterocycles. The number of aromatic nitrogens is 3. The molecule has 0 aromatic carbocycles. The molecule has 5 heteroatoms. The van der Waals surface area contributed by atoms with E-state index < -0.39 is 0 Å². The van der Waals surface area contributed by atoms with Crippen LogP contribution in [0.4, 0.5) is 0 Å². The second-order valence-corrected chi connectivity index (χ2v) is 3.31. The van der Waals surface area contributed by atoms with Crippen LogP contribution in [-0.4, -0.2) is 15.0 Å². The average molecular weight is 335 g/mol. The van der Waals surface area contributed by atoms with Crippen molar-refractivity contribution in [1.82, 2.24) is 15.0 Å². The van der Waals surface area contributed by atoms with E-state index in [1.165, 1.54) is 0 Å². The molecule has 0 atom stereocenters. The van der Waals surface area contributed by atoms with Crippen molar-refractivity contribution in [2.24, 2.45) is 7.05 Å². The van der Waals surface area contributed by atoms with Crippen LogP contribution >= 0.6 is 45.2 Å². The molecule has 1 rings (SSSR count). The summed E-state index contributed by atoms with van der Waals surface area (Å²) in [6, 6.07) is 0. The number of rotatable bonds is 0. The number of hydrogen-bond donors (Lipinski definition) is 0. The first-order valence-corrected chi connectivity index (χ1v) is 4.08. The summed E-state index contributed by atoms with van der Waals surface area (Å²) in [6.07, 6.45) is 0. The predicted octanol–water partition coefficient (Wildman–Crippen LogP) is 1.02. The van der Waals surface area contributed by atoms with Gasteiger partial charge in [-0.05, 0) is 45.2 Å². The summed E-state index contributed by atoms with van der Waals surface area (Å²) in [7, 11) is 1.81. The van der Waals surface area contributed by atoms with Gasteiger partial charge in [-0.2, -0.15) is 4.80 Å². The molecule has 0 amide bonds. The summed E-state index contributed by atoms with van der Waals surface area (Å²) in [6.45, 7) is 0. The molecule has 0 spiro atoms. The maximum atomic E-state index is 4.00. The fourth-order valence-electron chi connectivity index (χ4n) is 0.359. The third-order valence-electron chi connectivity index (χ3n) is 0.635. The Labute approximate surface area is 74.1 Å². The van der Waals surface area contributed by atoms with Crippen molar-refractivity contribution < 1.29 is 0 Å². The van der Waals surface area contributed by atoms with Gasteiger partial charge in [0.2, 0.25) is 0 Å². The fraction of sp³-hybridized carbons (Fsp3) is 0.333. The summed E-state index contributed by atoms with van der Waals surface area (Å²) in [4.78, 5) is 1.56. The van der Waals surface area contributed by atoms with Gasteiger partial charge in [0, 0.05) is 7.05 Å². The first kappa shape index (κ1) is 6.72. The lowest BCUT2D eigenvalue weighted by atomic mass is 11.0. The van der Waals surface area contributed by atoms with Crippen LogP contribution in [0.2, 0.25) is 0 Å². The van der Waals surface area contributed by atoms with Crippen LogP contribution in [0.15, 0.2) is 0 Å². The van der Waals surface area contributed by atoms with E-state index in [0.29, 0.717) is 0 Å². The molecule has 3 nitrogen and oxygen atoms in total. The summed E-state index contributed by atoms with van der Waals surface area (Å²) in [5.74, 6) is 0. The molecule has 0 saturated carbocycles. The second-order valence-electron chi connectivity index (χ2n) is 1.27. The molecule has 1 heterocycles. The number of halogens is 2. The van der Waals surface area contributed by atoms with Crippen molar-refractivity contribution in [1.29, 1.82) is 0 Å². The van der Waals surface area contributed by atoms with Crippen LogP contribution in [-0.2, 0) is 7.05 Å². The minimum absolute atomic E-state index is 0.964. The van der Waals surface area contributed by atoms with Gasteiger partial charge in [-0.3, -0.25) is 0 Å². The maximum absolute atomic E-state index is 4.00. The van der Waals surface area contributed by atoms with Gasteiger partial charge in [-0.15, -0.1) is 10.2 Å². The number of hydrogen-bond acceptors (Lipinski definition) is 2. The van der Waals surface area contributed by atoms with Gasteiger partial charge in [0.05, 0.1) is 0 Å². The van der Waals surface area contributed by atoms with Crippen LogP contribution in [0.5, 0.6) is 0 Å². The smallest absolute Gasteiger partial charge is 0.157 e. The minimum atomic E-state index is 0.964. The van der Waals surface area contributed by atoms with Crippen molar-refractivity contribution in [2.75, 3.05) is 0 Å². The zero-order valence-corrected chi connectivity index (χ0v) is 8.41. The van der Waals surface area contributed by atoms with E-state index in [9.17, 15) is 0 Å². The Hall–Kier alpha value is 0.600. The molecule has 8 heavy (non-hydrogen) atoms. The van der Waals surface area contributed by atoms with Crippen molar-refractivity contribution in [3.8, 4) is 0 Å². The molecule has 1 aromatic heterocycles. The number of nitrogens with zero attached hydrogens (tertiary/aromatic N) is 3. The van der Waals surface area contributed by atoms with Crippen LogP contribution in [0, 0.1) is 7.40 Å². The van der Waals surface area contributed by atoms with Gasteiger partial charge in [-0.25, -0.2) is 0 Å². The SMILES string of the molecule is Cn1nc(I)c(I)n1. The van der Waals surface area contributed by atoms with E-state index in [-0.39, 0.29) is 0 Å². The summed E-state index contributed by atoms with van der Waals surface area (Å²) >= 11 is 4.29. The highest BCUT2D eigenvalue weighted by molar-refractivity contribution is 14.1. The number of aryl methyl sites for hydroxylation is 1. The molecule has 0 unspecified atom stereocenters. The molecule has 0 aliphatic rings. The molecule has 0 aliphatic carbocycles. The topological polar surface area (TPSA) is 30.7 Å². The Morgan fingerprint density at radius 1 is 1.25 bits per heavy atom. The van der Waals surface area contributed by atoms with Gasteiger partial charge in [0.1, 0.15) is 0 Å². The maximum Gasteiger partial charge on any atom is 0.157 e. The van der Waals surface area contributed by atoms with Crippen LogP contribution in [0.1, 0.15) is 0 Å². The molecule has 1 aromatic rings. The first-order valence-electron chi connectivity index (χ1n) is 1.92. The molecule has 0 saturated heterocycles. The van der Waals surface area contributed by atoms with Crippen molar-refractivity contribution in [3.63, 3.8) is 0 Å². The van der Waals surface area contributed by atoms with Crippen molar-refractivity contribution in [3.05, 3.63) is 7.40 Å². The van der Waals surface area contributed by atoms with Crippen molar-refractivity contribution >= 4 is 45.2 Å². The van der Waals surface area contributed by atoms with Crippen LogP contribution < -0.4 is 0 Å². The van der Waals surface area contributed by atoms with E-state index in [1.54, 1.807) is 4.80 Å². The van der Waals surface area contributed by atoms with E-state index in [1.807, 2.05) is 7.05 Å². The normalized spacial score (nSPS) is 9.88. The van der Waals surface area contributed by atoms with E-state index in [0.717, 1.165) is 7.40 Å². The molecular formula is C3H3I2N3. The van der Waals surface area contributed by atoms with Gasteiger partial charge in [-0.1, -0.05) is 0 Å². The molecule has 0 radical (unpaired) electrons. The zero-order valence-electron chi connectivity index (χ0n) is 4.10. The van der Waals surface area contributed by atoms with E-state index >= 15 is 0 Å². The van der Waals surface area contributed by atoms with Crippen LogP contribution in [0.3, 0.4) is 0 Å². The average Bonchev–Trinajstić information content (AvgIpc) is 1.85. The van der Waals surface area contributed by atoms with Gasteiger partial charge >= 0.3 is 0 Å². The highest BCUT2D eigenvalue weighted by atomic mass is 127. The Bertz CT molecular complexity index is 175. The molecular weight excluding hydrogens is 332 g/mol. The van der Waals surface area contributed by atoms with E-state index in [4.69, 9.17) is 0 Å². The Kier molecular flexibility index (Phi) is 2.07. The lowest BCUT2D eigenvalue weighted by Gasteiger charge is -1.76. The van der Waals surface area contributed by atoms with Crippen molar-refractivity contribution in [2.45, 2.75) is 0 Å². The third-order valence-corrected chi connectivity index (χ3v) is 3.12. The lowest BCUT2D eigenvalue weighted by molar-refractivity contribution is 0.647. The highest BCUT2D eigenvalue weighted by Gasteiger charge is 1.98. The summed E-state index contributed by atoms with van der Waals surface area (Å²) in [5.41, 5.74) is 0. The zero-order chi connectivity index (χ0) is 6.15. The fourth-order valence-corrected chi connectivity index (χ4v) is 1.20. The quantitative estimate of drug-likeness (QED) is 0.663. The Morgan fingerprint density at radius 2 is 1.62 bits per heavy atom. The minimum Gasteiger partial charge on any atom is -0.186 e. The first-order chi connectivity index (χ1) is 3.70. The van der Waals surface area contributed by atoms with Gasteiger partial charge < -0.3 is 0 Å². The predicted molar refractivity (Wildman–Crippen MR) is 46.4 cm³/mol. The highest BCUT2D eigenvalue weighted by Crippen LogP contribution is 2.06. The Balaban J connectivity index is 3.14. The largest absolute Gasteiger partial charge is 0.186 e. The molecule has 44 valence electrons. The summed E-state index contributed by atoms with van der Waals surface area (Å²) < 4.78 is 1.93. The summed E-state index contributed by atoms with van der Waals surface area (Å²) in [5, 5.41) is 7.99. The monoisotopic (exact) mass is 335 g/mol. The molecule has 0 fully saturated rings. The van der Waals surface area contributed by atoms with E-state index in [2.05, 4.69) is 55.4 Å². The Morgan fingerprint density at radius 3 is 1.75 bits per heavy atom. The van der Waals surface area contributed by atoms with Crippen LogP contribution in [0.25, 0.3) is 0 Å². The molecule has 0 bridgehead atoms. The third kappa shape index (κ3) is 1.30. The lowest BCUT2D eigenvalue weighted by Crippen LogP contribution is -1.91. The van der Waals surface area contributed by atoms with Gasteiger partial charge in [0.25, 0.3) is 0 Å². The molecule has 0 N–H and O–H groups in total. The standard InChI is InChI=1S/C3H3I2N3/c1-8-6-2(4)3(5)7-8/h1H3. The second kappa shape index (κ2) is 2.46.